The highest BCUT2D eigenvalue weighted by Crippen LogP contribution is 2.10. The average Bonchev–Trinajstić information content (AvgIpc) is 2.31. The molecule has 0 saturated heterocycles. The van der Waals surface area contributed by atoms with E-state index in [1.54, 1.807) is 6.33 Å². The molecule has 0 aliphatic rings. The standard InChI is InChI=1S/C13H23N3/c1-4-7-12-8-13(16-10-15-12)14-9-11(5-2)6-3/h8,10-11H,4-7,9H2,1-3H3,(H,14,15,16). The van der Waals surface area contributed by atoms with Gasteiger partial charge in [-0.15, -0.1) is 0 Å². The van der Waals surface area contributed by atoms with E-state index in [-0.39, 0.29) is 0 Å². The van der Waals surface area contributed by atoms with Crippen molar-refractivity contribution in [1.82, 2.24) is 9.97 Å². The summed E-state index contributed by atoms with van der Waals surface area (Å²) in [6.07, 6.45) is 6.25. The van der Waals surface area contributed by atoms with Crippen molar-refractivity contribution in [3.05, 3.63) is 18.1 Å². The van der Waals surface area contributed by atoms with Gasteiger partial charge in [-0.3, -0.25) is 0 Å². The molecular weight excluding hydrogens is 198 g/mol. The summed E-state index contributed by atoms with van der Waals surface area (Å²) in [7, 11) is 0. The van der Waals surface area contributed by atoms with E-state index in [0.717, 1.165) is 36.8 Å². The van der Waals surface area contributed by atoms with E-state index in [9.17, 15) is 0 Å². The van der Waals surface area contributed by atoms with Gasteiger partial charge in [-0.25, -0.2) is 9.97 Å². The fourth-order valence-electron chi connectivity index (χ4n) is 1.71. The van der Waals surface area contributed by atoms with Crippen LogP contribution >= 0.6 is 0 Å². The van der Waals surface area contributed by atoms with Gasteiger partial charge in [0.05, 0.1) is 0 Å². The quantitative estimate of drug-likeness (QED) is 0.768. The Hall–Kier alpha value is -1.12. The van der Waals surface area contributed by atoms with Gasteiger partial charge in [0, 0.05) is 18.3 Å². The van der Waals surface area contributed by atoms with E-state index in [2.05, 4.69) is 42.1 Å². The van der Waals surface area contributed by atoms with Gasteiger partial charge in [0.1, 0.15) is 12.1 Å². The van der Waals surface area contributed by atoms with Crippen LogP contribution in [-0.4, -0.2) is 16.5 Å². The molecule has 0 saturated carbocycles. The molecule has 0 radical (unpaired) electrons. The van der Waals surface area contributed by atoms with Crippen molar-refractivity contribution < 1.29 is 0 Å². The largest absolute Gasteiger partial charge is 0.370 e. The van der Waals surface area contributed by atoms with E-state index in [0.29, 0.717) is 0 Å². The smallest absolute Gasteiger partial charge is 0.129 e. The topological polar surface area (TPSA) is 37.8 Å². The molecule has 1 rings (SSSR count). The van der Waals surface area contributed by atoms with Gasteiger partial charge in [-0.05, 0) is 12.3 Å². The van der Waals surface area contributed by atoms with Crippen molar-refractivity contribution in [2.75, 3.05) is 11.9 Å². The minimum Gasteiger partial charge on any atom is -0.370 e. The van der Waals surface area contributed by atoms with Crippen LogP contribution in [0.15, 0.2) is 12.4 Å². The Labute approximate surface area is 98.7 Å². The van der Waals surface area contributed by atoms with Crippen LogP contribution < -0.4 is 5.32 Å². The predicted octanol–water partition coefficient (Wildman–Crippen LogP) is 3.28. The maximum Gasteiger partial charge on any atom is 0.129 e. The van der Waals surface area contributed by atoms with Crippen molar-refractivity contribution in [3.8, 4) is 0 Å². The second-order valence-electron chi connectivity index (χ2n) is 4.21. The lowest BCUT2D eigenvalue weighted by molar-refractivity contribution is 0.518. The van der Waals surface area contributed by atoms with Gasteiger partial charge in [-0.1, -0.05) is 40.0 Å². The van der Waals surface area contributed by atoms with Crippen LogP contribution in [0.25, 0.3) is 0 Å². The third-order valence-electron chi connectivity index (χ3n) is 2.96. The molecule has 1 aromatic rings. The fourth-order valence-corrected chi connectivity index (χ4v) is 1.71. The van der Waals surface area contributed by atoms with Crippen LogP contribution in [0.4, 0.5) is 5.82 Å². The molecule has 1 heterocycles. The second kappa shape index (κ2) is 7.20. The molecule has 0 atom stereocenters. The highest BCUT2D eigenvalue weighted by molar-refractivity contribution is 5.34. The van der Waals surface area contributed by atoms with E-state index < -0.39 is 0 Å². The Kier molecular flexibility index (Phi) is 5.83. The van der Waals surface area contributed by atoms with Gasteiger partial charge in [-0.2, -0.15) is 0 Å². The third kappa shape index (κ3) is 4.17. The lowest BCUT2D eigenvalue weighted by Crippen LogP contribution is -2.13. The highest BCUT2D eigenvalue weighted by Gasteiger charge is 2.04. The van der Waals surface area contributed by atoms with Gasteiger partial charge in [0.2, 0.25) is 0 Å². The first kappa shape index (κ1) is 12.9. The molecule has 0 spiro atoms. The summed E-state index contributed by atoms with van der Waals surface area (Å²) in [6, 6.07) is 2.06. The van der Waals surface area contributed by atoms with E-state index >= 15 is 0 Å². The van der Waals surface area contributed by atoms with E-state index in [1.807, 2.05) is 0 Å². The monoisotopic (exact) mass is 221 g/mol. The number of hydrogen-bond acceptors (Lipinski definition) is 3. The van der Waals surface area contributed by atoms with Crippen LogP contribution in [0.2, 0.25) is 0 Å². The van der Waals surface area contributed by atoms with Crippen LogP contribution in [0.5, 0.6) is 0 Å². The second-order valence-corrected chi connectivity index (χ2v) is 4.21. The van der Waals surface area contributed by atoms with Gasteiger partial charge >= 0.3 is 0 Å². The number of nitrogens with zero attached hydrogens (tertiary/aromatic N) is 2. The molecule has 16 heavy (non-hydrogen) atoms. The molecule has 90 valence electrons. The molecule has 0 aliphatic heterocycles. The van der Waals surface area contributed by atoms with Gasteiger partial charge in [0.15, 0.2) is 0 Å². The maximum absolute atomic E-state index is 4.25. The Balaban J connectivity index is 2.49. The molecule has 0 bridgehead atoms. The lowest BCUT2D eigenvalue weighted by Gasteiger charge is -2.13. The molecule has 1 aromatic heterocycles. The van der Waals surface area contributed by atoms with Crippen molar-refractivity contribution >= 4 is 5.82 Å². The molecular formula is C13H23N3. The van der Waals surface area contributed by atoms with Crippen molar-refractivity contribution in [3.63, 3.8) is 0 Å². The molecule has 3 nitrogen and oxygen atoms in total. The van der Waals surface area contributed by atoms with Gasteiger partial charge in [0.25, 0.3) is 0 Å². The zero-order chi connectivity index (χ0) is 11.8. The molecule has 1 N–H and O–H groups in total. The van der Waals surface area contributed by atoms with E-state index in [1.165, 1.54) is 12.8 Å². The Morgan fingerprint density at radius 3 is 2.56 bits per heavy atom. The summed E-state index contributed by atoms with van der Waals surface area (Å²) in [5, 5.41) is 3.39. The summed E-state index contributed by atoms with van der Waals surface area (Å²) in [5.74, 6) is 1.70. The van der Waals surface area contributed by atoms with Crippen LogP contribution in [-0.2, 0) is 6.42 Å². The lowest BCUT2D eigenvalue weighted by atomic mass is 10.0. The molecule has 0 amide bonds. The maximum atomic E-state index is 4.25. The third-order valence-corrected chi connectivity index (χ3v) is 2.96. The SMILES string of the molecule is CCCc1cc(NCC(CC)CC)ncn1. The van der Waals surface area contributed by atoms with Crippen molar-refractivity contribution in [2.45, 2.75) is 46.5 Å². The minimum atomic E-state index is 0.740. The minimum absolute atomic E-state index is 0.740. The van der Waals surface area contributed by atoms with Gasteiger partial charge < -0.3 is 5.32 Å². The van der Waals surface area contributed by atoms with Crippen molar-refractivity contribution in [1.29, 1.82) is 0 Å². The summed E-state index contributed by atoms with van der Waals surface area (Å²) >= 11 is 0. The first-order valence-electron chi connectivity index (χ1n) is 6.34. The Bertz CT molecular complexity index is 295. The average molecular weight is 221 g/mol. The normalized spacial score (nSPS) is 10.8. The molecule has 3 heteroatoms. The molecule has 0 fully saturated rings. The highest BCUT2D eigenvalue weighted by atomic mass is 15.0. The molecule has 0 aliphatic carbocycles. The number of aromatic nitrogens is 2. The number of aryl methyl sites for hydroxylation is 1. The van der Waals surface area contributed by atoms with Crippen LogP contribution in [0.1, 0.15) is 45.7 Å². The summed E-state index contributed by atoms with van der Waals surface area (Å²) < 4.78 is 0. The van der Waals surface area contributed by atoms with Crippen LogP contribution in [0, 0.1) is 5.92 Å². The number of hydrogen-bond donors (Lipinski definition) is 1. The Morgan fingerprint density at radius 1 is 1.19 bits per heavy atom. The molecule has 0 unspecified atom stereocenters. The summed E-state index contributed by atoms with van der Waals surface area (Å²) in [4.78, 5) is 8.49. The Morgan fingerprint density at radius 2 is 1.94 bits per heavy atom. The first-order chi connectivity index (χ1) is 7.80. The number of rotatable bonds is 7. The van der Waals surface area contributed by atoms with Crippen LogP contribution in [0.3, 0.4) is 0 Å². The zero-order valence-electron chi connectivity index (χ0n) is 10.7. The fraction of sp³-hybridized carbons (Fsp3) is 0.692. The summed E-state index contributed by atoms with van der Waals surface area (Å²) in [6.45, 7) is 7.64. The van der Waals surface area contributed by atoms with Crippen molar-refractivity contribution in [2.24, 2.45) is 5.92 Å². The molecule has 0 aromatic carbocycles. The zero-order valence-corrected chi connectivity index (χ0v) is 10.7. The number of anilines is 1. The summed E-state index contributed by atoms with van der Waals surface area (Å²) in [5.41, 5.74) is 1.13. The predicted molar refractivity (Wildman–Crippen MR) is 68.6 cm³/mol. The van der Waals surface area contributed by atoms with E-state index in [4.69, 9.17) is 0 Å². The number of nitrogens with one attached hydrogen (secondary N) is 1. The first-order valence-corrected chi connectivity index (χ1v) is 6.34.